The van der Waals surface area contributed by atoms with Crippen LogP contribution in [0.5, 0.6) is 0 Å². The number of rotatable bonds is 4. The lowest BCUT2D eigenvalue weighted by atomic mass is 10.3. The van der Waals surface area contributed by atoms with E-state index in [0.717, 1.165) is 34.4 Å². The molecule has 0 spiro atoms. The first-order valence-corrected chi connectivity index (χ1v) is 7.89. The summed E-state index contributed by atoms with van der Waals surface area (Å²) in [6, 6.07) is 0. The van der Waals surface area contributed by atoms with Gasteiger partial charge in [0.2, 0.25) is 0 Å². The molecule has 0 unspecified atom stereocenters. The maximum Gasteiger partial charge on any atom is 0.194 e. The van der Waals surface area contributed by atoms with E-state index in [2.05, 4.69) is 45.1 Å². The molecule has 0 bridgehead atoms. The van der Waals surface area contributed by atoms with Gasteiger partial charge in [0.25, 0.3) is 0 Å². The number of imidazole rings is 1. The maximum absolute atomic E-state index is 4.59. The Hall–Kier alpha value is -0.950. The molecule has 1 N–H and O–H groups in total. The van der Waals surface area contributed by atoms with E-state index < -0.39 is 0 Å². The van der Waals surface area contributed by atoms with Crippen LogP contribution in [0, 0.1) is 20.8 Å². The van der Waals surface area contributed by atoms with E-state index >= 15 is 0 Å². The zero-order chi connectivity index (χ0) is 13.4. The summed E-state index contributed by atoms with van der Waals surface area (Å²) in [6.07, 6.45) is 2.16. The minimum Gasteiger partial charge on any atom is -0.305 e. The molecule has 0 saturated carbocycles. The fourth-order valence-corrected chi connectivity index (χ4v) is 3.62. The Morgan fingerprint density at radius 3 is 2.70 bits per heavy atom. The fraction of sp³-hybridized carbons (Fsp3) is 0.385. The first kappa shape index (κ1) is 15.4. The molecule has 20 heavy (non-hydrogen) atoms. The number of thiazole rings is 2. The highest BCUT2D eigenvalue weighted by Crippen LogP contribution is 2.20. The summed E-state index contributed by atoms with van der Waals surface area (Å²) < 4.78 is 2.19. The molecule has 4 nitrogen and oxygen atoms in total. The number of halogens is 1. The molecule has 0 saturated heterocycles. The number of nitrogens with one attached hydrogen (secondary N) is 1. The van der Waals surface area contributed by atoms with Gasteiger partial charge in [0.15, 0.2) is 4.96 Å². The predicted molar refractivity (Wildman–Crippen MR) is 87.2 cm³/mol. The second-order valence-corrected chi connectivity index (χ2v) is 6.88. The summed E-state index contributed by atoms with van der Waals surface area (Å²) in [6.45, 7) is 7.84. The Kier molecular flexibility index (Phi) is 4.80. The molecule has 0 aliphatic heterocycles. The van der Waals surface area contributed by atoms with Crippen LogP contribution in [0.2, 0.25) is 0 Å². The van der Waals surface area contributed by atoms with Crippen LogP contribution in [-0.4, -0.2) is 14.4 Å². The van der Waals surface area contributed by atoms with Crippen LogP contribution >= 0.6 is 35.1 Å². The quantitative estimate of drug-likeness (QED) is 0.797. The summed E-state index contributed by atoms with van der Waals surface area (Å²) in [7, 11) is 0. The fourth-order valence-electron chi connectivity index (χ4n) is 2.12. The maximum atomic E-state index is 4.59. The van der Waals surface area contributed by atoms with Gasteiger partial charge in [0, 0.05) is 29.5 Å². The molecule has 3 heterocycles. The van der Waals surface area contributed by atoms with E-state index in [1.807, 2.05) is 6.92 Å². The molecular weight excluding hydrogens is 312 g/mol. The highest BCUT2D eigenvalue weighted by molar-refractivity contribution is 7.17. The third-order valence-corrected chi connectivity index (χ3v) is 4.73. The number of aromatic nitrogens is 3. The van der Waals surface area contributed by atoms with Crippen molar-refractivity contribution in [2.24, 2.45) is 0 Å². The first-order chi connectivity index (χ1) is 9.13. The van der Waals surface area contributed by atoms with E-state index in [9.17, 15) is 0 Å². The van der Waals surface area contributed by atoms with Crippen LogP contribution < -0.4 is 5.32 Å². The van der Waals surface area contributed by atoms with Crippen LogP contribution in [0.3, 0.4) is 0 Å². The molecule has 0 aromatic carbocycles. The van der Waals surface area contributed by atoms with Crippen molar-refractivity contribution in [3.63, 3.8) is 0 Å². The van der Waals surface area contributed by atoms with E-state index in [1.54, 1.807) is 22.7 Å². The van der Waals surface area contributed by atoms with Gasteiger partial charge < -0.3 is 5.32 Å². The van der Waals surface area contributed by atoms with Gasteiger partial charge in [-0.2, -0.15) is 0 Å². The van der Waals surface area contributed by atoms with Gasteiger partial charge in [-0.3, -0.25) is 4.40 Å². The van der Waals surface area contributed by atoms with Gasteiger partial charge in [0.05, 0.1) is 22.1 Å². The van der Waals surface area contributed by atoms with Crippen molar-refractivity contribution in [2.45, 2.75) is 33.9 Å². The Morgan fingerprint density at radius 2 is 2.00 bits per heavy atom. The Balaban J connectivity index is 0.00000147. The van der Waals surface area contributed by atoms with Crippen molar-refractivity contribution in [1.82, 2.24) is 19.7 Å². The lowest BCUT2D eigenvalue weighted by Gasteiger charge is -2.03. The molecule has 0 aliphatic rings. The second kappa shape index (κ2) is 6.22. The molecular formula is C13H17ClN4S2. The molecule has 0 fully saturated rings. The van der Waals surface area contributed by atoms with E-state index in [4.69, 9.17) is 0 Å². The molecule has 3 rings (SSSR count). The average molecular weight is 329 g/mol. The average Bonchev–Trinajstić information content (AvgIpc) is 2.97. The minimum absolute atomic E-state index is 0. The van der Waals surface area contributed by atoms with Crippen LogP contribution in [-0.2, 0) is 13.1 Å². The highest BCUT2D eigenvalue weighted by Gasteiger charge is 2.10. The second-order valence-electron chi connectivity index (χ2n) is 4.60. The van der Waals surface area contributed by atoms with E-state index in [0.29, 0.717) is 0 Å². The number of aryl methyl sites for hydroxylation is 3. The van der Waals surface area contributed by atoms with Crippen molar-refractivity contribution < 1.29 is 0 Å². The van der Waals surface area contributed by atoms with Gasteiger partial charge in [-0.15, -0.1) is 35.1 Å². The Labute approximate surface area is 132 Å². The van der Waals surface area contributed by atoms with Gasteiger partial charge in [-0.25, -0.2) is 9.97 Å². The number of hydrogen-bond donors (Lipinski definition) is 1. The third kappa shape index (κ3) is 3.03. The topological polar surface area (TPSA) is 42.2 Å². The number of hydrogen-bond acceptors (Lipinski definition) is 5. The van der Waals surface area contributed by atoms with Gasteiger partial charge in [-0.05, 0) is 20.8 Å². The molecule has 7 heteroatoms. The summed E-state index contributed by atoms with van der Waals surface area (Å²) in [5.41, 5.74) is 3.46. The largest absolute Gasteiger partial charge is 0.305 e. The first-order valence-electron chi connectivity index (χ1n) is 6.19. The summed E-state index contributed by atoms with van der Waals surface area (Å²) in [4.78, 5) is 11.4. The molecule has 3 aromatic heterocycles. The van der Waals surface area contributed by atoms with Crippen LogP contribution in [0.15, 0.2) is 11.6 Å². The lowest BCUT2D eigenvalue weighted by molar-refractivity contribution is 0.662. The minimum atomic E-state index is 0. The highest BCUT2D eigenvalue weighted by atomic mass is 35.5. The summed E-state index contributed by atoms with van der Waals surface area (Å²) in [5.74, 6) is 0. The predicted octanol–water partition coefficient (Wildman–Crippen LogP) is 3.49. The number of nitrogens with zero attached hydrogens (tertiary/aromatic N) is 3. The van der Waals surface area contributed by atoms with E-state index in [1.165, 1.54) is 10.6 Å². The Morgan fingerprint density at radius 1 is 1.20 bits per heavy atom. The standard InChI is InChI=1S/C13H16N4S2.ClH/c1-8-6-17-12(9(2)15-13(17)19-8)5-14-4-11-7-18-10(3)16-11;/h6-7,14H,4-5H2,1-3H3;1H. The molecule has 0 aliphatic carbocycles. The molecule has 0 atom stereocenters. The summed E-state index contributed by atoms with van der Waals surface area (Å²) in [5, 5.41) is 6.67. The normalized spacial score (nSPS) is 10.9. The van der Waals surface area contributed by atoms with Crippen molar-refractivity contribution in [3.05, 3.63) is 38.5 Å². The molecule has 108 valence electrons. The molecule has 3 aromatic rings. The van der Waals surface area contributed by atoms with E-state index in [-0.39, 0.29) is 12.4 Å². The van der Waals surface area contributed by atoms with Gasteiger partial charge >= 0.3 is 0 Å². The zero-order valence-electron chi connectivity index (χ0n) is 11.6. The van der Waals surface area contributed by atoms with Gasteiger partial charge in [0.1, 0.15) is 0 Å². The molecule has 0 radical (unpaired) electrons. The van der Waals surface area contributed by atoms with Gasteiger partial charge in [-0.1, -0.05) is 0 Å². The van der Waals surface area contributed by atoms with Crippen molar-refractivity contribution in [3.8, 4) is 0 Å². The SMILES string of the molecule is Cc1cn2c(CNCc3csc(C)n3)c(C)nc2s1.Cl. The summed E-state index contributed by atoms with van der Waals surface area (Å²) >= 11 is 3.43. The van der Waals surface area contributed by atoms with Crippen LogP contribution in [0.25, 0.3) is 4.96 Å². The zero-order valence-corrected chi connectivity index (χ0v) is 14.1. The van der Waals surface area contributed by atoms with Crippen molar-refractivity contribution in [1.29, 1.82) is 0 Å². The number of fused-ring (bicyclic) bond motifs is 1. The Bertz CT molecular complexity index is 713. The van der Waals surface area contributed by atoms with Crippen LogP contribution in [0.1, 0.15) is 27.0 Å². The monoisotopic (exact) mass is 328 g/mol. The lowest BCUT2D eigenvalue weighted by Crippen LogP contribution is -2.15. The molecule has 0 amide bonds. The van der Waals surface area contributed by atoms with Crippen LogP contribution in [0.4, 0.5) is 0 Å². The van der Waals surface area contributed by atoms with Crippen molar-refractivity contribution in [2.75, 3.05) is 0 Å². The third-order valence-electron chi connectivity index (χ3n) is 3.01. The van der Waals surface area contributed by atoms with Crippen molar-refractivity contribution >= 4 is 40.0 Å². The smallest absolute Gasteiger partial charge is 0.194 e.